The molecule has 1 aliphatic heterocycles. The van der Waals surface area contributed by atoms with Crippen molar-refractivity contribution in [1.82, 2.24) is 4.90 Å². The van der Waals surface area contributed by atoms with Gasteiger partial charge in [-0.15, -0.1) is 5.69 Å². The van der Waals surface area contributed by atoms with Crippen LogP contribution in [0, 0.1) is 5.92 Å². The fraction of sp³-hybridized carbons (Fsp3) is 0.290. The van der Waals surface area contributed by atoms with Gasteiger partial charge in [-0.3, -0.25) is 9.89 Å². The van der Waals surface area contributed by atoms with Crippen molar-refractivity contribution in [2.24, 2.45) is 10.9 Å². The third kappa shape index (κ3) is 7.72. The molecule has 4 rings (SSSR count). The zero-order chi connectivity index (χ0) is 26.9. The molecule has 3 aromatic carbocycles. The summed E-state index contributed by atoms with van der Waals surface area (Å²) in [7, 11) is 0. The van der Waals surface area contributed by atoms with Crippen LogP contribution in [0.4, 0.5) is 5.69 Å². The number of benzene rings is 3. The predicted molar refractivity (Wildman–Crippen MR) is 148 cm³/mol. The van der Waals surface area contributed by atoms with E-state index in [1.165, 1.54) is 0 Å². The van der Waals surface area contributed by atoms with E-state index >= 15 is 0 Å². The van der Waals surface area contributed by atoms with Crippen LogP contribution in [0.1, 0.15) is 42.9 Å². The Morgan fingerprint density at radius 2 is 1.67 bits per heavy atom. The maximum atomic E-state index is 13.5. The van der Waals surface area contributed by atoms with Gasteiger partial charge in [0.1, 0.15) is 6.29 Å². The molecule has 1 heterocycles. The molecule has 3 aromatic rings. The van der Waals surface area contributed by atoms with Gasteiger partial charge < -0.3 is 20.0 Å². The monoisotopic (exact) mass is 568 g/mol. The van der Waals surface area contributed by atoms with Gasteiger partial charge in [-0.2, -0.15) is 0 Å². The van der Waals surface area contributed by atoms with Gasteiger partial charge in [0.2, 0.25) is 0 Å². The number of carboxylic acids is 1. The first-order valence-electron chi connectivity index (χ1n) is 12.9. The summed E-state index contributed by atoms with van der Waals surface area (Å²) in [6.07, 6.45) is 2.45. The molecule has 1 N–H and O–H groups in total. The number of likely N-dealkylation sites (tertiary alicyclic amines) is 1. The summed E-state index contributed by atoms with van der Waals surface area (Å²) in [6, 6.07) is 25.1. The van der Waals surface area contributed by atoms with E-state index in [0.29, 0.717) is 35.4 Å². The Hall–Kier alpha value is -3.61. The van der Waals surface area contributed by atoms with Crippen molar-refractivity contribution >= 4 is 29.6 Å². The van der Waals surface area contributed by atoms with Crippen molar-refractivity contribution in [3.63, 3.8) is 0 Å². The number of aliphatic imine (C=N–C) groups is 1. The van der Waals surface area contributed by atoms with Crippen LogP contribution >= 0.6 is 0 Å². The molecule has 0 aliphatic carbocycles. The van der Waals surface area contributed by atoms with Gasteiger partial charge >= 0.3 is 22.5 Å². The second-order valence-corrected chi connectivity index (χ2v) is 9.59. The molecular weight excluding hydrogens is 537 g/mol. The average molecular weight is 569 g/mol. The quantitative estimate of drug-likeness (QED) is 0.190. The molecule has 0 aromatic heterocycles. The number of para-hydroxylation sites is 1. The topological polar surface area (TPSA) is 101 Å². The summed E-state index contributed by atoms with van der Waals surface area (Å²) < 4.78 is 0. The molecule has 1 fully saturated rings. The fourth-order valence-corrected chi connectivity index (χ4v) is 4.82. The van der Waals surface area contributed by atoms with Crippen LogP contribution in [0.2, 0.25) is 0 Å². The number of rotatable bonds is 11. The van der Waals surface area contributed by atoms with Gasteiger partial charge in [-0.25, -0.2) is 4.79 Å². The molecule has 0 spiro atoms. The van der Waals surface area contributed by atoms with E-state index in [-0.39, 0.29) is 34.9 Å². The molecule has 0 bridgehead atoms. The molecule has 1 amide bonds. The first-order valence-corrected chi connectivity index (χ1v) is 12.9. The number of hydrogen-bond donors (Lipinski definition) is 1. The Morgan fingerprint density at radius 3 is 2.33 bits per heavy atom. The van der Waals surface area contributed by atoms with Crippen LogP contribution in [0.5, 0.6) is 0 Å². The van der Waals surface area contributed by atoms with E-state index in [4.69, 9.17) is 0 Å². The second-order valence-electron chi connectivity index (χ2n) is 9.59. The normalized spacial score (nSPS) is 17.1. The van der Waals surface area contributed by atoms with E-state index in [2.05, 4.69) is 27.3 Å². The number of nitrogens with zero attached hydrogens (tertiary/aromatic N) is 3. The van der Waals surface area contributed by atoms with Crippen molar-refractivity contribution in [3.8, 4) is 0 Å². The number of carbonyl (C=O) groups excluding carboxylic acids is 2. The first-order chi connectivity index (χ1) is 18.5. The molecule has 39 heavy (non-hydrogen) atoms. The van der Waals surface area contributed by atoms with Gasteiger partial charge in [0.05, 0.1) is 17.7 Å². The van der Waals surface area contributed by atoms with E-state index in [1.807, 2.05) is 54.6 Å². The minimum Gasteiger partial charge on any atom is -0.625 e. The predicted octanol–water partition coefficient (Wildman–Crippen LogP) is 5.40. The Kier molecular flexibility index (Phi) is 11.1. The molecule has 0 saturated carbocycles. The average Bonchev–Trinajstić information content (AvgIpc) is 3.39. The van der Waals surface area contributed by atoms with Gasteiger partial charge in [-0.1, -0.05) is 91.9 Å². The minimum absolute atomic E-state index is 0. The van der Waals surface area contributed by atoms with Crippen LogP contribution in [-0.4, -0.2) is 52.5 Å². The summed E-state index contributed by atoms with van der Waals surface area (Å²) in [5, 5.41) is 14.5. The van der Waals surface area contributed by atoms with Crippen molar-refractivity contribution in [2.75, 3.05) is 6.54 Å². The SMILES string of the molecule is CC(CC=O)C(N=C(c1ccccc1)c1ccccc1[N-]C(=O)[C@@H]1CCCN1Cc1ccccc1)C(=O)O.[Ni+2]. The largest absolute Gasteiger partial charge is 2.00 e. The Labute approximate surface area is 239 Å². The minimum atomic E-state index is -1.13. The third-order valence-electron chi connectivity index (χ3n) is 6.84. The van der Waals surface area contributed by atoms with Gasteiger partial charge in [0.15, 0.2) is 6.04 Å². The van der Waals surface area contributed by atoms with E-state index in [1.54, 1.807) is 25.1 Å². The molecule has 1 aliphatic rings. The Morgan fingerprint density at radius 1 is 1.03 bits per heavy atom. The zero-order valence-electron chi connectivity index (χ0n) is 21.8. The number of aliphatic carboxylic acids is 1. The van der Waals surface area contributed by atoms with Crippen LogP contribution < -0.4 is 0 Å². The second kappa shape index (κ2) is 14.5. The first kappa shape index (κ1) is 29.9. The Balaban J connectivity index is 0.00000420. The van der Waals surface area contributed by atoms with Crippen molar-refractivity contribution < 1.29 is 36.0 Å². The summed E-state index contributed by atoms with van der Waals surface area (Å²) in [5.41, 5.74) is 3.30. The molecule has 7 nitrogen and oxygen atoms in total. The summed E-state index contributed by atoms with van der Waals surface area (Å²) >= 11 is 0. The van der Waals surface area contributed by atoms with E-state index in [0.717, 1.165) is 24.9 Å². The molecule has 1 saturated heterocycles. The van der Waals surface area contributed by atoms with E-state index in [9.17, 15) is 19.5 Å². The molecule has 8 heteroatoms. The molecule has 0 radical (unpaired) electrons. The molecule has 3 atom stereocenters. The van der Waals surface area contributed by atoms with Gasteiger partial charge in [0.25, 0.3) is 0 Å². The van der Waals surface area contributed by atoms with Gasteiger partial charge in [0, 0.05) is 18.5 Å². The molecule has 2 unspecified atom stereocenters. The number of aldehydes is 1. The summed E-state index contributed by atoms with van der Waals surface area (Å²) in [5.74, 6) is -1.83. The van der Waals surface area contributed by atoms with Crippen LogP contribution in [0.15, 0.2) is 89.9 Å². The maximum Gasteiger partial charge on any atom is 2.00 e. The zero-order valence-corrected chi connectivity index (χ0v) is 22.7. The standard InChI is InChI=1S/C31H33N3O4.Ni/c1-22(18-20-35)28(31(37)38)33-29(24-13-6-3-7-14-24)25-15-8-9-16-26(25)32-30(36)27-17-10-19-34(27)21-23-11-4-2-5-12-23;/h2-9,11-16,20,22,27-28H,10,17-19,21H2,1H3,(H2,32,33,36,37,38);/q;+2/p-1/t22?,27-,28?;/m0./s1. The number of amides is 1. The van der Waals surface area contributed by atoms with Crippen molar-refractivity contribution in [2.45, 2.75) is 44.8 Å². The maximum absolute atomic E-state index is 13.5. The smallest absolute Gasteiger partial charge is 0.625 e. The van der Waals surface area contributed by atoms with Crippen LogP contribution in [0.25, 0.3) is 5.32 Å². The van der Waals surface area contributed by atoms with Crippen molar-refractivity contribution in [3.05, 3.63) is 107 Å². The summed E-state index contributed by atoms with van der Waals surface area (Å²) in [6.45, 7) is 3.20. The van der Waals surface area contributed by atoms with Gasteiger partial charge in [-0.05, 0) is 36.4 Å². The fourth-order valence-electron chi connectivity index (χ4n) is 4.82. The molecule has 204 valence electrons. The number of carboxylic acid groups (broad SMARTS) is 1. The number of carbonyl (C=O) groups is 3. The summed E-state index contributed by atoms with van der Waals surface area (Å²) in [4.78, 5) is 43.5. The number of hydrogen-bond acceptors (Lipinski definition) is 5. The van der Waals surface area contributed by atoms with Crippen LogP contribution in [0.3, 0.4) is 0 Å². The van der Waals surface area contributed by atoms with Crippen LogP contribution in [-0.2, 0) is 37.4 Å². The third-order valence-corrected chi connectivity index (χ3v) is 6.84. The van der Waals surface area contributed by atoms with E-state index < -0.39 is 17.9 Å². The van der Waals surface area contributed by atoms with Crippen molar-refractivity contribution in [1.29, 1.82) is 0 Å². The molecular formula is C31H32N3NiO4+. The Bertz CT molecular complexity index is 1280.